The summed E-state index contributed by atoms with van der Waals surface area (Å²) in [5.74, 6) is 0. The minimum absolute atomic E-state index is 0.157. The van der Waals surface area contributed by atoms with Crippen LogP contribution in [0.25, 0.3) is 0 Å². The zero-order valence-electron chi connectivity index (χ0n) is 5.19. The maximum atomic E-state index is 10.3. The summed E-state index contributed by atoms with van der Waals surface area (Å²) in [6.07, 6.45) is 0.157. The molecule has 0 rings (SSSR count). The summed E-state index contributed by atoms with van der Waals surface area (Å²) in [5.41, 5.74) is -0.720. The highest BCUT2D eigenvalue weighted by Gasteiger charge is 2.22. The molecule has 0 saturated heterocycles. The van der Waals surface area contributed by atoms with Gasteiger partial charge in [0, 0.05) is 6.61 Å². The molecule has 0 fully saturated rings. The van der Waals surface area contributed by atoms with Crippen molar-refractivity contribution in [2.45, 2.75) is 19.0 Å². The van der Waals surface area contributed by atoms with Gasteiger partial charge in [-0.25, -0.2) is 0 Å². The average molecular weight is 154 g/mol. The molecule has 0 aliphatic heterocycles. The number of aliphatic hydroxyl groups is 1. The number of rotatable bonds is 3. The Kier molecular flexibility index (Phi) is 3.36. The first-order valence-electron chi connectivity index (χ1n) is 2.64. The van der Waals surface area contributed by atoms with E-state index < -0.39 is 13.3 Å². The van der Waals surface area contributed by atoms with Crippen molar-refractivity contribution in [2.75, 3.05) is 6.61 Å². The molecule has 0 radical (unpaired) electrons. The SMILES string of the molecule is CC(CCO)P(=O)(O)O. The van der Waals surface area contributed by atoms with Crippen molar-refractivity contribution in [2.24, 2.45) is 0 Å². The van der Waals surface area contributed by atoms with Crippen molar-refractivity contribution in [1.82, 2.24) is 0 Å². The van der Waals surface area contributed by atoms with Crippen LogP contribution in [0.5, 0.6) is 0 Å². The van der Waals surface area contributed by atoms with E-state index in [2.05, 4.69) is 0 Å². The highest BCUT2D eigenvalue weighted by Crippen LogP contribution is 2.42. The second-order valence-corrected chi connectivity index (χ2v) is 4.01. The number of hydrogen-bond donors (Lipinski definition) is 3. The smallest absolute Gasteiger partial charge is 0.328 e. The molecule has 1 atom stereocenters. The van der Waals surface area contributed by atoms with Crippen molar-refractivity contribution in [3.05, 3.63) is 0 Å². The Morgan fingerprint density at radius 1 is 1.56 bits per heavy atom. The highest BCUT2D eigenvalue weighted by molar-refractivity contribution is 7.52. The third-order valence-corrected chi connectivity index (χ3v) is 2.53. The molecule has 56 valence electrons. The molecule has 0 aromatic carbocycles. The molecule has 0 saturated carbocycles. The molecule has 4 nitrogen and oxygen atoms in total. The summed E-state index contributed by atoms with van der Waals surface area (Å²) in [5, 5.41) is 8.26. The molecular formula is C4H11O4P. The molecule has 5 heteroatoms. The average Bonchev–Trinajstić information content (AvgIpc) is 1.64. The predicted molar refractivity (Wildman–Crippen MR) is 33.2 cm³/mol. The Bertz CT molecular complexity index is 118. The van der Waals surface area contributed by atoms with Gasteiger partial charge in [-0.05, 0) is 6.42 Å². The molecule has 9 heavy (non-hydrogen) atoms. The van der Waals surface area contributed by atoms with Crippen LogP contribution in [0.15, 0.2) is 0 Å². The minimum Gasteiger partial charge on any atom is -0.396 e. The van der Waals surface area contributed by atoms with Crippen LogP contribution >= 0.6 is 7.60 Å². The van der Waals surface area contributed by atoms with Gasteiger partial charge in [-0.15, -0.1) is 0 Å². The largest absolute Gasteiger partial charge is 0.396 e. The van der Waals surface area contributed by atoms with E-state index in [1.54, 1.807) is 0 Å². The molecule has 0 aromatic heterocycles. The normalized spacial score (nSPS) is 15.6. The van der Waals surface area contributed by atoms with Crippen molar-refractivity contribution >= 4 is 7.60 Å². The summed E-state index contributed by atoms with van der Waals surface area (Å²) in [6, 6.07) is 0. The van der Waals surface area contributed by atoms with Gasteiger partial charge in [0.2, 0.25) is 0 Å². The van der Waals surface area contributed by atoms with Gasteiger partial charge >= 0.3 is 7.60 Å². The van der Waals surface area contributed by atoms with Crippen molar-refractivity contribution in [1.29, 1.82) is 0 Å². The standard InChI is InChI=1S/C4H11O4P/c1-4(2-3-5)9(6,7)8/h4-5H,2-3H2,1H3,(H2,6,7,8). The Labute approximate surface area is 53.7 Å². The molecule has 1 unspecified atom stereocenters. The van der Waals surface area contributed by atoms with Crippen LogP contribution in [0.4, 0.5) is 0 Å². The quantitative estimate of drug-likeness (QED) is 0.497. The van der Waals surface area contributed by atoms with Crippen molar-refractivity contribution in [3.63, 3.8) is 0 Å². The van der Waals surface area contributed by atoms with E-state index in [-0.39, 0.29) is 13.0 Å². The maximum absolute atomic E-state index is 10.3. The van der Waals surface area contributed by atoms with Gasteiger partial charge in [-0.2, -0.15) is 0 Å². The van der Waals surface area contributed by atoms with E-state index in [4.69, 9.17) is 14.9 Å². The summed E-state index contributed by atoms with van der Waals surface area (Å²) in [4.78, 5) is 16.8. The van der Waals surface area contributed by atoms with Crippen LogP contribution in [0, 0.1) is 0 Å². The number of aliphatic hydroxyl groups excluding tert-OH is 1. The fraction of sp³-hybridized carbons (Fsp3) is 1.00. The first kappa shape index (κ1) is 9.11. The lowest BCUT2D eigenvalue weighted by molar-refractivity contribution is 0.276. The van der Waals surface area contributed by atoms with E-state index in [0.29, 0.717) is 0 Å². The predicted octanol–water partition coefficient (Wildman–Crippen LogP) is -0.0650. The van der Waals surface area contributed by atoms with Gasteiger partial charge in [0.1, 0.15) is 0 Å². The zero-order valence-corrected chi connectivity index (χ0v) is 6.08. The van der Waals surface area contributed by atoms with Gasteiger partial charge in [-0.1, -0.05) is 6.92 Å². The zero-order chi connectivity index (χ0) is 7.49. The first-order chi connectivity index (χ1) is 3.98. The molecule has 0 aliphatic rings. The third-order valence-electron chi connectivity index (χ3n) is 1.12. The summed E-state index contributed by atoms with van der Waals surface area (Å²) in [6.45, 7) is 1.24. The van der Waals surface area contributed by atoms with Crippen LogP contribution in [0.1, 0.15) is 13.3 Å². The van der Waals surface area contributed by atoms with Crippen LogP contribution < -0.4 is 0 Å². The van der Waals surface area contributed by atoms with Gasteiger partial charge in [0.25, 0.3) is 0 Å². The van der Waals surface area contributed by atoms with Gasteiger partial charge < -0.3 is 14.9 Å². The first-order valence-corrected chi connectivity index (χ1v) is 4.32. The Morgan fingerprint density at radius 3 is 2.11 bits per heavy atom. The Hall–Kier alpha value is 0.110. The van der Waals surface area contributed by atoms with E-state index in [1.807, 2.05) is 0 Å². The Morgan fingerprint density at radius 2 is 2.00 bits per heavy atom. The van der Waals surface area contributed by atoms with E-state index in [1.165, 1.54) is 6.92 Å². The molecule has 0 amide bonds. The van der Waals surface area contributed by atoms with Crippen LogP contribution in [-0.4, -0.2) is 27.2 Å². The lowest BCUT2D eigenvalue weighted by atomic mass is 10.3. The number of hydrogen-bond acceptors (Lipinski definition) is 2. The van der Waals surface area contributed by atoms with Gasteiger partial charge in [-0.3, -0.25) is 4.57 Å². The van der Waals surface area contributed by atoms with Crippen molar-refractivity contribution in [3.8, 4) is 0 Å². The molecule has 0 spiro atoms. The van der Waals surface area contributed by atoms with Crippen LogP contribution in [0.2, 0.25) is 0 Å². The second-order valence-electron chi connectivity index (χ2n) is 1.95. The fourth-order valence-corrected chi connectivity index (χ4v) is 0.807. The molecule has 0 heterocycles. The van der Waals surface area contributed by atoms with Crippen LogP contribution in [0.3, 0.4) is 0 Å². The molecular weight excluding hydrogens is 143 g/mol. The lowest BCUT2D eigenvalue weighted by Crippen LogP contribution is -2.04. The minimum atomic E-state index is -3.93. The second kappa shape index (κ2) is 3.32. The van der Waals surface area contributed by atoms with Gasteiger partial charge in [0.05, 0.1) is 5.66 Å². The third kappa shape index (κ3) is 3.65. The molecule has 3 N–H and O–H groups in total. The summed E-state index contributed by atoms with van der Waals surface area (Å²) >= 11 is 0. The molecule has 0 bridgehead atoms. The van der Waals surface area contributed by atoms with E-state index in [0.717, 1.165) is 0 Å². The highest BCUT2D eigenvalue weighted by atomic mass is 31.2. The molecule has 0 aromatic rings. The Balaban J connectivity index is 3.74. The van der Waals surface area contributed by atoms with E-state index in [9.17, 15) is 4.57 Å². The van der Waals surface area contributed by atoms with E-state index >= 15 is 0 Å². The lowest BCUT2D eigenvalue weighted by Gasteiger charge is -2.10. The fourth-order valence-electron chi connectivity index (χ4n) is 0.355. The van der Waals surface area contributed by atoms with Crippen LogP contribution in [-0.2, 0) is 4.57 Å². The molecule has 0 aliphatic carbocycles. The van der Waals surface area contributed by atoms with Gasteiger partial charge in [0.15, 0.2) is 0 Å². The topological polar surface area (TPSA) is 77.8 Å². The monoisotopic (exact) mass is 154 g/mol. The van der Waals surface area contributed by atoms with Crippen molar-refractivity contribution < 1.29 is 19.5 Å². The summed E-state index contributed by atoms with van der Waals surface area (Å²) in [7, 11) is -3.93. The summed E-state index contributed by atoms with van der Waals surface area (Å²) < 4.78 is 10.3. The maximum Gasteiger partial charge on any atom is 0.328 e.